The first-order chi connectivity index (χ1) is 9.45. The number of carbonyl (C=O) groups excluding carboxylic acids is 2. The van der Waals surface area contributed by atoms with E-state index in [1.165, 1.54) is 0 Å². The second-order valence-electron chi connectivity index (χ2n) is 4.96. The second kappa shape index (κ2) is 7.65. The van der Waals surface area contributed by atoms with Crippen LogP contribution >= 0.6 is 0 Å². The van der Waals surface area contributed by atoms with Gasteiger partial charge >= 0.3 is 0 Å². The van der Waals surface area contributed by atoms with Crippen molar-refractivity contribution in [2.75, 3.05) is 0 Å². The molecule has 0 radical (unpaired) electrons. The van der Waals surface area contributed by atoms with Crippen molar-refractivity contribution in [3.8, 4) is 0 Å². The average molecular weight is 278 g/mol. The second-order valence-corrected chi connectivity index (χ2v) is 4.96. The van der Waals surface area contributed by atoms with Crippen molar-refractivity contribution in [3.63, 3.8) is 0 Å². The number of amides is 2. The van der Waals surface area contributed by atoms with Crippen molar-refractivity contribution < 1.29 is 14.7 Å². The Balaban J connectivity index is 2.60. The van der Waals surface area contributed by atoms with E-state index in [9.17, 15) is 14.7 Å². The predicted molar refractivity (Wildman–Crippen MR) is 76.6 cm³/mol. The van der Waals surface area contributed by atoms with E-state index in [1.54, 1.807) is 24.3 Å². The molecule has 110 valence electrons. The molecule has 1 rings (SSSR count). The van der Waals surface area contributed by atoms with Gasteiger partial charge < -0.3 is 16.2 Å². The summed E-state index contributed by atoms with van der Waals surface area (Å²) in [7, 11) is 0. The third-order valence-corrected chi connectivity index (χ3v) is 3.40. The monoisotopic (exact) mass is 278 g/mol. The zero-order valence-electron chi connectivity index (χ0n) is 11.9. The fourth-order valence-electron chi connectivity index (χ4n) is 1.93. The summed E-state index contributed by atoms with van der Waals surface area (Å²) < 4.78 is 0. The number of carbonyl (C=O) groups is 2. The molecule has 5 heteroatoms. The van der Waals surface area contributed by atoms with E-state index in [1.807, 2.05) is 19.9 Å². The number of nitrogens with one attached hydrogen (secondary N) is 1. The zero-order valence-corrected chi connectivity index (χ0v) is 11.9. The highest BCUT2D eigenvalue weighted by atomic mass is 16.3. The van der Waals surface area contributed by atoms with Gasteiger partial charge in [-0.3, -0.25) is 9.59 Å². The van der Waals surface area contributed by atoms with E-state index in [4.69, 9.17) is 5.73 Å². The Labute approximate surface area is 119 Å². The van der Waals surface area contributed by atoms with Gasteiger partial charge in [-0.25, -0.2) is 0 Å². The van der Waals surface area contributed by atoms with Gasteiger partial charge in [0.15, 0.2) is 0 Å². The maximum absolute atomic E-state index is 11.9. The van der Waals surface area contributed by atoms with Crippen LogP contribution in [-0.4, -0.2) is 23.0 Å². The molecule has 20 heavy (non-hydrogen) atoms. The molecule has 5 nitrogen and oxygen atoms in total. The highest BCUT2D eigenvalue weighted by molar-refractivity contribution is 5.87. The molecule has 3 unspecified atom stereocenters. The molecule has 2 amide bonds. The minimum absolute atomic E-state index is 0.0367. The van der Waals surface area contributed by atoms with Crippen LogP contribution in [0.25, 0.3) is 0 Å². The van der Waals surface area contributed by atoms with Gasteiger partial charge in [-0.15, -0.1) is 0 Å². The summed E-state index contributed by atoms with van der Waals surface area (Å²) in [5, 5.41) is 12.6. The number of rotatable bonds is 7. The normalized spacial score (nSPS) is 15.2. The largest absolute Gasteiger partial charge is 0.388 e. The van der Waals surface area contributed by atoms with Crippen LogP contribution in [0.2, 0.25) is 0 Å². The van der Waals surface area contributed by atoms with Gasteiger partial charge in [0, 0.05) is 0 Å². The van der Waals surface area contributed by atoms with Crippen molar-refractivity contribution in [1.29, 1.82) is 0 Å². The van der Waals surface area contributed by atoms with E-state index < -0.39 is 18.1 Å². The maximum Gasteiger partial charge on any atom is 0.240 e. The van der Waals surface area contributed by atoms with Crippen LogP contribution in [0.15, 0.2) is 30.3 Å². The standard InChI is InChI=1S/C15H22N2O3/c1-3-10(2)14(15(16)20)17-13(19)9-12(18)11-7-5-4-6-8-11/h4-8,10,12,14,18H,3,9H2,1-2H3,(H2,16,20)(H,17,19). The van der Waals surface area contributed by atoms with Gasteiger partial charge in [0.25, 0.3) is 0 Å². The Morgan fingerprint density at radius 1 is 1.30 bits per heavy atom. The number of hydrogen-bond donors (Lipinski definition) is 3. The molecule has 0 aliphatic rings. The van der Waals surface area contributed by atoms with Gasteiger partial charge in [0.05, 0.1) is 12.5 Å². The van der Waals surface area contributed by atoms with Crippen molar-refractivity contribution in [2.24, 2.45) is 11.7 Å². The van der Waals surface area contributed by atoms with Gasteiger partial charge in [0.1, 0.15) is 6.04 Å². The summed E-state index contributed by atoms with van der Waals surface area (Å²) in [6.45, 7) is 3.77. The molecular formula is C15H22N2O3. The lowest BCUT2D eigenvalue weighted by molar-refractivity contribution is -0.129. The van der Waals surface area contributed by atoms with Crippen LogP contribution in [0.5, 0.6) is 0 Å². The number of aliphatic hydroxyl groups excluding tert-OH is 1. The summed E-state index contributed by atoms with van der Waals surface area (Å²) >= 11 is 0. The molecule has 0 bridgehead atoms. The first kappa shape index (κ1) is 16.2. The topological polar surface area (TPSA) is 92.4 Å². The quantitative estimate of drug-likeness (QED) is 0.698. The van der Waals surface area contributed by atoms with Crippen LogP contribution in [0.3, 0.4) is 0 Å². The lowest BCUT2D eigenvalue weighted by Crippen LogP contribution is -2.48. The highest BCUT2D eigenvalue weighted by Gasteiger charge is 2.24. The summed E-state index contributed by atoms with van der Waals surface area (Å²) in [5.41, 5.74) is 5.96. The van der Waals surface area contributed by atoms with Gasteiger partial charge in [-0.2, -0.15) is 0 Å². The molecule has 0 aliphatic carbocycles. The fraction of sp³-hybridized carbons (Fsp3) is 0.467. The number of nitrogens with two attached hydrogens (primary N) is 1. The Morgan fingerprint density at radius 2 is 1.90 bits per heavy atom. The van der Waals surface area contributed by atoms with Crippen molar-refractivity contribution in [1.82, 2.24) is 5.32 Å². The van der Waals surface area contributed by atoms with Crippen molar-refractivity contribution in [3.05, 3.63) is 35.9 Å². The molecule has 0 heterocycles. The lowest BCUT2D eigenvalue weighted by Gasteiger charge is -2.22. The van der Waals surface area contributed by atoms with Crippen molar-refractivity contribution >= 4 is 11.8 Å². The average Bonchev–Trinajstić information content (AvgIpc) is 2.44. The molecule has 4 N–H and O–H groups in total. The highest BCUT2D eigenvalue weighted by Crippen LogP contribution is 2.16. The number of benzene rings is 1. The van der Waals surface area contributed by atoms with E-state index >= 15 is 0 Å². The molecule has 1 aromatic rings. The summed E-state index contributed by atoms with van der Waals surface area (Å²) in [4.78, 5) is 23.2. The SMILES string of the molecule is CCC(C)C(NC(=O)CC(O)c1ccccc1)C(N)=O. The van der Waals surface area contributed by atoms with E-state index in [-0.39, 0.29) is 18.2 Å². The van der Waals surface area contributed by atoms with Crippen molar-refractivity contribution in [2.45, 2.75) is 38.8 Å². The molecule has 0 saturated heterocycles. The number of hydrogen-bond acceptors (Lipinski definition) is 3. The third-order valence-electron chi connectivity index (χ3n) is 3.40. The summed E-state index contributed by atoms with van der Waals surface area (Å²) in [6.07, 6.45) is -0.249. The van der Waals surface area contributed by atoms with Crippen LogP contribution in [0.1, 0.15) is 38.4 Å². The minimum atomic E-state index is -0.887. The van der Waals surface area contributed by atoms with Gasteiger partial charge in [0.2, 0.25) is 11.8 Å². The molecule has 0 fully saturated rings. The zero-order chi connectivity index (χ0) is 15.1. The Kier molecular flexibility index (Phi) is 6.18. The predicted octanol–water partition coefficient (Wildman–Crippen LogP) is 1.13. The molecule has 3 atom stereocenters. The molecule has 0 aromatic heterocycles. The van der Waals surface area contributed by atoms with Crippen LogP contribution in [0, 0.1) is 5.92 Å². The Bertz CT molecular complexity index is 448. The first-order valence-electron chi connectivity index (χ1n) is 6.77. The molecule has 0 aliphatic heterocycles. The molecule has 0 saturated carbocycles. The molecule has 0 spiro atoms. The fourth-order valence-corrected chi connectivity index (χ4v) is 1.93. The minimum Gasteiger partial charge on any atom is -0.388 e. The van der Waals surface area contributed by atoms with Crippen LogP contribution < -0.4 is 11.1 Å². The lowest BCUT2D eigenvalue weighted by atomic mass is 9.98. The van der Waals surface area contributed by atoms with Crippen LogP contribution in [0.4, 0.5) is 0 Å². The number of aliphatic hydroxyl groups is 1. The first-order valence-corrected chi connectivity index (χ1v) is 6.77. The summed E-state index contributed by atoms with van der Waals surface area (Å²) in [6, 6.07) is 8.22. The Morgan fingerprint density at radius 3 is 2.40 bits per heavy atom. The van der Waals surface area contributed by atoms with E-state index in [0.717, 1.165) is 6.42 Å². The summed E-state index contributed by atoms with van der Waals surface area (Å²) in [5.74, 6) is -0.974. The molecule has 1 aromatic carbocycles. The smallest absolute Gasteiger partial charge is 0.240 e. The number of primary amides is 1. The van der Waals surface area contributed by atoms with Gasteiger partial charge in [-0.05, 0) is 11.5 Å². The Hall–Kier alpha value is -1.88. The maximum atomic E-state index is 11.9. The molecular weight excluding hydrogens is 256 g/mol. The third kappa shape index (κ3) is 4.66. The van der Waals surface area contributed by atoms with Gasteiger partial charge in [-0.1, -0.05) is 50.6 Å². The van der Waals surface area contributed by atoms with E-state index in [2.05, 4.69) is 5.32 Å². The van der Waals surface area contributed by atoms with E-state index in [0.29, 0.717) is 5.56 Å². The van der Waals surface area contributed by atoms with Crippen LogP contribution in [-0.2, 0) is 9.59 Å².